The van der Waals surface area contributed by atoms with Crippen LogP contribution in [0.4, 0.5) is 9.59 Å². The molecular formula is C24H44N4O4. The van der Waals surface area contributed by atoms with Crippen molar-refractivity contribution in [3.63, 3.8) is 0 Å². The molecule has 0 spiro atoms. The summed E-state index contributed by atoms with van der Waals surface area (Å²) in [7, 11) is 0. The van der Waals surface area contributed by atoms with Crippen LogP contribution in [0.5, 0.6) is 0 Å². The number of nitrogens with zero attached hydrogens (tertiary/aromatic N) is 2. The molecule has 8 heteroatoms. The third-order valence-corrected chi connectivity index (χ3v) is 6.88. The maximum atomic E-state index is 11.8. The van der Waals surface area contributed by atoms with Crippen LogP contribution in [0.15, 0.2) is 0 Å². The van der Waals surface area contributed by atoms with Crippen LogP contribution < -0.4 is 11.5 Å². The van der Waals surface area contributed by atoms with E-state index in [-0.39, 0.29) is 12.2 Å². The van der Waals surface area contributed by atoms with E-state index >= 15 is 0 Å². The molecule has 6 atom stereocenters. The number of likely N-dealkylation sites (tertiary alicyclic amines) is 2. The summed E-state index contributed by atoms with van der Waals surface area (Å²) in [5, 5.41) is 0. The second-order valence-corrected chi connectivity index (χ2v) is 12.3. The Labute approximate surface area is 193 Å². The highest BCUT2D eigenvalue weighted by molar-refractivity contribution is 5.69. The van der Waals surface area contributed by atoms with Gasteiger partial charge in [0.2, 0.25) is 0 Å². The van der Waals surface area contributed by atoms with Crippen molar-refractivity contribution in [3.8, 4) is 0 Å². The van der Waals surface area contributed by atoms with Crippen molar-refractivity contribution < 1.29 is 19.1 Å². The third kappa shape index (κ3) is 6.73. The molecule has 0 aromatic rings. The Balaban J connectivity index is 0.000000181. The number of carbonyl (C=O) groups excluding carboxylic acids is 2. The topological polar surface area (TPSA) is 111 Å². The predicted molar refractivity (Wildman–Crippen MR) is 124 cm³/mol. The minimum absolute atomic E-state index is 0.171. The van der Waals surface area contributed by atoms with Gasteiger partial charge in [0, 0.05) is 38.3 Å². The minimum Gasteiger partial charge on any atom is -0.444 e. The van der Waals surface area contributed by atoms with Crippen molar-refractivity contribution in [2.75, 3.05) is 26.2 Å². The third-order valence-electron chi connectivity index (χ3n) is 6.88. The van der Waals surface area contributed by atoms with Crippen LogP contribution in [0, 0.1) is 23.7 Å². The van der Waals surface area contributed by atoms with Gasteiger partial charge in [-0.3, -0.25) is 0 Å². The lowest BCUT2D eigenvalue weighted by Gasteiger charge is -2.25. The Kier molecular flexibility index (Phi) is 7.35. The molecule has 2 saturated carbocycles. The first-order valence-electron chi connectivity index (χ1n) is 12.2. The van der Waals surface area contributed by atoms with Gasteiger partial charge in [-0.05, 0) is 90.9 Å². The van der Waals surface area contributed by atoms with Gasteiger partial charge in [-0.15, -0.1) is 0 Å². The van der Waals surface area contributed by atoms with E-state index in [0.717, 1.165) is 51.9 Å². The number of amides is 2. The lowest BCUT2D eigenvalue weighted by molar-refractivity contribution is 0.0269. The molecule has 2 aliphatic carbocycles. The van der Waals surface area contributed by atoms with Crippen LogP contribution in [-0.2, 0) is 9.47 Å². The predicted octanol–water partition coefficient (Wildman–Crippen LogP) is 3.18. The van der Waals surface area contributed by atoms with Gasteiger partial charge in [0.1, 0.15) is 11.2 Å². The smallest absolute Gasteiger partial charge is 0.410 e. The van der Waals surface area contributed by atoms with Crippen LogP contribution in [0.25, 0.3) is 0 Å². The SMILES string of the molecule is CC(C)(C)OC(=O)N1C[C@H]2CC(N)C[C@H]2C1.CC(C)(C)OC(=O)N1C[C@H]2CC(N)C[C@H]2C1. The average Bonchev–Trinajstić information content (AvgIpc) is 3.30. The summed E-state index contributed by atoms with van der Waals surface area (Å²) in [4.78, 5) is 27.4. The van der Waals surface area contributed by atoms with E-state index < -0.39 is 11.2 Å². The summed E-state index contributed by atoms with van der Waals surface area (Å²) in [6, 6.07) is 0.687. The van der Waals surface area contributed by atoms with Crippen molar-refractivity contribution in [2.45, 2.75) is 90.5 Å². The number of rotatable bonds is 0. The number of fused-ring (bicyclic) bond motifs is 2. The number of hydrogen-bond donors (Lipinski definition) is 2. The summed E-state index contributed by atoms with van der Waals surface area (Å²) in [5.74, 6) is 2.40. The summed E-state index contributed by atoms with van der Waals surface area (Å²) in [6.45, 7) is 14.7. The Morgan fingerprint density at radius 3 is 1.09 bits per heavy atom. The van der Waals surface area contributed by atoms with Crippen molar-refractivity contribution in [1.82, 2.24) is 9.80 Å². The van der Waals surface area contributed by atoms with E-state index in [9.17, 15) is 9.59 Å². The van der Waals surface area contributed by atoms with Gasteiger partial charge < -0.3 is 30.7 Å². The molecule has 0 radical (unpaired) electrons. The lowest BCUT2D eigenvalue weighted by atomic mass is 10.0. The van der Waals surface area contributed by atoms with Crippen LogP contribution in [0.3, 0.4) is 0 Å². The van der Waals surface area contributed by atoms with Crippen molar-refractivity contribution in [2.24, 2.45) is 35.1 Å². The summed E-state index contributed by atoms with van der Waals surface area (Å²) in [5.41, 5.74) is 11.0. The highest BCUT2D eigenvalue weighted by Crippen LogP contribution is 2.38. The van der Waals surface area contributed by atoms with Gasteiger partial charge in [0.05, 0.1) is 0 Å². The quantitative estimate of drug-likeness (QED) is 0.584. The van der Waals surface area contributed by atoms with Gasteiger partial charge in [0.25, 0.3) is 0 Å². The Bertz CT molecular complexity index is 600. The second-order valence-electron chi connectivity index (χ2n) is 12.3. The Hall–Kier alpha value is -1.54. The zero-order chi connectivity index (χ0) is 23.8. The zero-order valence-electron chi connectivity index (χ0n) is 20.8. The van der Waals surface area contributed by atoms with E-state index in [0.29, 0.717) is 35.8 Å². The van der Waals surface area contributed by atoms with Crippen molar-refractivity contribution in [3.05, 3.63) is 0 Å². The van der Waals surface area contributed by atoms with Crippen molar-refractivity contribution >= 4 is 12.2 Å². The van der Waals surface area contributed by atoms with Crippen LogP contribution in [-0.4, -0.2) is 71.5 Å². The molecule has 8 nitrogen and oxygen atoms in total. The standard InChI is InChI=1S/2C12H22N2O2/c2*1-12(2,3)16-11(15)14-6-8-4-10(13)5-9(8)7-14/h2*8-10H,4-7,13H2,1-3H3/t2*8-,9+,10?. The van der Waals surface area contributed by atoms with Gasteiger partial charge in [0.15, 0.2) is 0 Å². The molecule has 0 aromatic heterocycles. The molecule has 184 valence electrons. The molecule has 4 fully saturated rings. The molecule has 0 bridgehead atoms. The highest BCUT2D eigenvalue weighted by atomic mass is 16.6. The van der Waals surface area contributed by atoms with Gasteiger partial charge in [-0.2, -0.15) is 0 Å². The highest BCUT2D eigenvalue weighted by Gasteiger charge is 2.43. The van der Waals surface area contributed by atoms with Crippen molar-refractivity contribution in [1.29, 1.82) is 0 Å². The summed E-state index contributed by atoms with van der Waals surface area (Å²) in [6.07, 6.45) is 3.90. The van der Waals surface area contributed by atoms with E-state index in [2.05, 4.69) is 0 Å². The summed E-state index contributed by atoms with van der Waals surface area (Å²) < 4.78 is 10.7. The molecule has 0 aromatic carbocycles. The zero-order valence-corrected chi connectivity index (χ0v) is 20.8. The number of ether oxygens (including phenoxy) is 2. The summed E-state index contributed by atoms with van der Waals surface area (Å²) >= 11 is 0. The fraction of sp³-hybridized carbons (Fsp3) is 0.917. The fourth-order valence-corrected chi connectivity index (χ4v) is 5.64. The Morgan fingerprint density at radius 1 is 0.625 bits per heavy atom. The molecule has 2 unspecified atom stereocenters. The molecular weight excluding hydrogens is 408 g/mol. The lowest BCUT2D eigenvalue weighted by Crippen LogP contribution is -2.36. The van der Waals surface area contributed by atoms with Crippen LogP contribution in [0.2, 0.25) is 0 Å². The van der Waals surface area contributed by atoms with Gasteiger partial charge >= 0.3 is 12.2 Å². The largest absolute Gasteiger partial charge is 0.444 e. The maximum Gasteiger partial charge on any atom is 0.410 e. The fourth-order valence-electron chi connectivity index (χ4n) is 5.64. The number of nitrogens with two attached hydrogens (primary N) is 2. The van der Waals surface area contributed by atoms with Gasteiger partial charge in [-0.1, -0.05) is 0 Å². The Morgan fingerprint density at radius 2 is 0.875 bits per heavy atom. The average molecular weight is 453 g/mol. The molecule has 4 rings (SSSR count). The molecule has 32 heavy (non-hydrogen) atoms. The monoisotopic (exact) mass is 452 g/mol. The molecule has 2 aliphatic heterocycles. The van der Waals surface area contributed by atoms with Crippen LogP contribution in [0.1, 0.15) is 67.2 Å². The molecule has 2 saturated heterocycles. The van der Waals surface area contributed by atoms with E-state index in [1.165, 1.54) is 0 Å². The minimum atomic E-state index is -0.398. The first-order valence-corrected chi connectivity index (χ1v) is 12.2. The maximum absolute atomic E-state index is 11.8. The second kappa shape index (κ2) is 9.37. The molecule has 4 aliphatic rings. The molecule has 4 N–H and O–H groups in total. The van der Waals surface area contributed by atoms with Crippen LogP contribution >= 0.6 is 0 Å². The van der Waals surface area contributed by atoms with E-state index in [1.54, 1.807) is 0 Å². The normalized spacial score (nSPS) is 34.0. The first kappa shape index (κ1) is 25.1. The number of hydrogen-bond acceptors (Lipinski definition) is 6. The molecule has 2 heterocycles. The van der Waals surface area contributed by atoms with Gasteiger partial charge in [-0.25, -0.2) is 9.59 Å². The van der Waals surface area contributed by atoms with E-state index in [4.69, 9.17) is 20.9 Å². The number of carbonyl (C=O) groups is 2. The van der Waals surface area contributed by atoms with E-state index in [1.807, 2.05) is 51.3 Å². The first-order chi connectivity index (χ1) is 14.7. The molecule has 2 amide bonds.